The van der Waals surface area contributed by atoms with Crippen molar-refractivity contribution in [3.8, 4) is 0 Å². The molecule has 28 heavy (non-hydrogen) atoms. The lowest BCUT2D eigenvalue weighted by Crippen LogP contribution is -2.53. The first-order valence-electron chi connectivity index (χ1n) is 8.98. The molecule has 3 rings (SSSR count). The Balaban J connectivity index is 1.70. The molecule has 1 fully saturated rings. The van der Waals surface area contributed by atoms with E-state index in [1.54, 1.807) is 0 Å². The number of anilines is 1. The summed E-state index contributed by atoms with van der Waals surface area (Å²) in [7, 11) is 1.35. The minimum atomic E-state index is -5.02. The van der Waals surface area contributed by atoms with Gasteiger partial charge < -0.3 is 19.5 Å². The van der Waals surface area contributed by atoms with Crippen LogP contribution in [0.3, 0.4) is 0 Å². The summed E-state index contributed by atoms with van der Waals surface area (Å²) in [6.45, 7) is 3.60. The molecule has 1 aliphatic heterocycles. The normalized spacial score (nSPS) is 17.5. The quantitative estimate of drug-likeness (QED) is 0.861. The van der Waals surface area contributed by atoms with Crippen LogP contribution in [-0.2, 0) is 17.4 Å². The second-order valence-corrected chi connectivity index (χ2v) is 7.10. The Morgan fingerprint density at radius 1 is 1.21 bits per heavy atom. The highest BCUT2D eigenvalue weighted by Crippen LogP contribution is 2.41. The lowest BCUT2D eigenvalue weighted by molar-refractivity contribution is -0.272. The Hall–Kier alpha value is -2.55. The van der Waals surface area contributed by atoms with Crippen molar-refractivity contribution in [3.63, 3.8) is 0 Å². The lowest BCUT2D eigenvalue weighted by atomic mass is 9.96. The van der Waals surface area contributed by atoms with E-state index in [0.717, 1.165) is 22.0 Å². The van der Waals surface area contributed by atoms with Gasteiger partial charge in [-0.1, -0.05) is 12.1 Å². The number of hydrogen-bond donors (Lipinski definition) is 1. The van der Waals surface area contributed by atoms with Crippen LogP contribution in [-0.4, -0.2) is 57.8 Å². The van der Waals surface area contributed by atoms with Crippen LogP contribution in [0.1, 0.15) is 17.8 Å². The van der Waals surface area contributed by atoms with Crippen molar-refractivity contribution in [3.05, 3.63) is 48.0 Å². The van der Waals surface area contributed by atoms with Gasteiger partial charge in [-0.2, -0.15) is 13.2 Å². The average Bonchev–Trinajstić information content (AvgIpc) is 3.07. The first-order chi connectivity index (χ1) is 13.1. The Morgan fingerprint density at radius 3 is 2.43 bits per heavy atom. The van der Waals surface area contributed by atoms with Crippen LogP contribution in [0, 0.1) is 6.92 Å². The zero-order chi connectivity index (χ0) is 20.5. The monoisotopic (exact) mass is 396 g/mol. The number of alkyl halides is 3. The van der Waals surface area contributed by atoms with Crippen LogP contribution in [0.5, 0.6) is 0 Å². The number of aliphatic hydroxyl groups is 1. The summed E-state index contributed by atoms with van der Waals surface area (Å²) >= 11 is 0. The minimum Gasteiger partial charge on any atom is -0.374 e. The Labute approximate surface area is 161 Å². The zero-order valence-corrected chi connectivity index (χ0v) is 15.8. The third kappa shape index (κ3) is 3.84. The Morgan fingerprint density at radius 2 is 1.89 bits per heavy atom. The molecular weight excluding hydrogens is 373 g/mol. The maximum absolute atomic E-state index is 13.6. The van der Waals surface area contributed by atoms with Gasteiger partial charge in [0.25, 0.3) is 0 Å². The third-order valence-corrected chi connectivity index (χ3v) is 5.07. The molecule has 1 N–H and O–H groups in total. The molecule has 152 valence electrons. The van der Waals surface area contributed by atoms with Gasteiger partial charge in [-0.05, 0) is 24.6 Å². The fourth-order valence-corrected chi connectivity index (χ4v) is 3.44. The van der Waals surface area contributed by atoms with E-state index < -0.39 is 29.9 Å². The summed E-state index contributed by atoms with van der Waals surface area (Å²) in [6.07, 6.45) is -3.65. The number of halogens is 3. The molecule has 1 aromatic heterocycles. The number of aryl methyl sites for hydroxylation is 2. The van der Waals surface area contributed by atoms with Crippen molar-refractivity contribution in [2.45, 2.75) is 25.1 Å². The maximum Gasteiger partial charge on any atom is 0.425 e. The Kier molecular flexibility index (Phi) is 5.38. The predicted octanol–water partition coefficient (Wildman–Crippen LogP) is 2.22. The van der Waals surface area contributed by atoms with Gasteiger partial charge in [-0.3, -0.25) is 4.79 Å². The molecule has 1 saturated heterocycles. The average molecular weight is 396 g/mol. The summed E-state index contributed by atoms with van der Waals surface area (Å²) in [5, 5.41) is 10.4. The van der Waals surface area contributed by atoms with Crippen molar-refractivity contribution in [2.75, 3.05) is 31.1 Å². The molecule has 6 nitrogen and oxygen atoms in total. The van der Waals surface area contributed by atoms with Crippen LogP contribution in [0.25, 0.3) is 0 Å². The van der Waals surface area contributed by atoms with Gasteiger partial charge >= 0.3 is 6.18 Å². The van der Waals surface area contributed by atoms with Gasteiger partial charge in [0.15, 0.2) is 5.82 Å². The molecule has 9 heteroatoms. The number of rotatable bonds is 4. The molecule has 1 aliphatic rings. The molecule has 1 aromatic carbocycles. The van der Waals surface area contributed by atoms with E-state index in [9.17, 15) is 23.1 Å². The van der Waals surface area contributed by atoms with Crippen LogP contribution in [0.4, 0.5) is 18.9 Å². The van der Waals surface area contributed by atoms with Crippen molar-refractivity contribution in [1.82, 2.24) is 14.5 Å². The largest absolute Gasteiger partial charge is 0.425 e. The highest BCUT2D eigenvalue weighted by atomic mass is 19.4. The van der Waals surface area contributed by atoms with E-state index >= 15 is 0 Å². The fourth-order valence-electron chi connectivity index (χ4n) is 3.44. The van der Waals surface area contributed by atoms with Crippen molar-refractivity contribution in [1.29, 1.82) is 0 Å². The zero-order valence-electron chi connectivity index (χ0n) is 15.8. The number of nitrogens with zero attached hydrogens (tertiary/aromatic N) is 4. The molecule has 0 saturated carbocycles. The molecule has 1 amide bonds. The topological polar surface area (TPSA) is 61.6 Å². The van der Waals surface area contributed by atoms with E-state index in [2.05, 4.69) is 9.88 Å². The van der Waals surface area contributed by atoms with Crippen molar-refractivity contribution >= 4 is 11.6 Å². The Bertz CT molecular complexity index is 844. The minimum absolute atomic E-state index is 0.293. The summed E-state index contributed by atoms with van der Waals surface area (Å²) in [5.74, 6) is -1.33. The molecule has 0 aliphatic carbocycles. The molecule has 2 aromatic rings. The van der Waals surface area contributed by atoms with Gasteiger partial charge in [0.2, 0.25) is 11.5 Å². The van der Waals surface area contributed by atoms with Crippen molar-refractivity contribution < 1.29 is 23.1 Å². The number of carbonyl (C=O) groups is 1. The van der Waals surface area contributed by atoms with Crippen molar-refractivity contribution in [2.24, 2.45) is 7.05 Å². The third-order valence-electron chi connectivity index (χ3n) is 5.07. The van der Waals surface area contributed by atoms with Gasteiger partial charge in [-0.25, -0.2) is 4.98 Å². The van der Waals surface area contributed by atoms with Gasteiger partial charge in [0.1, 0.15) is 0 Å². The molecule has 1 atom stereocenters. The number of benzene rings is 1. The van der Waals surface area contributed by atoms with E-state index in [0.29, 0.717) is 26.2 Å². The second kappa shape index (κ2) is 7.46. The molecule has 0 spiro atoms. The number of carbonyl (C=O) groups excluding carboxylic acids is 1. The second-order valence-electron chi connectivity index (χ2n) is 7.10. The highest BCUT2D eigenvalue weighted by molar-refractivity contribution is 5.78. The van der Waals surface area contributed by atoms with Crippen LogP contribution in [0.15, 0.2) is 36.7 Å². The molecule has 2 heterocycles. The van der Waals surface area contributed by atoms with E-state index in [1.165, 1.54) is 18.1 Å². The fraction of sp³-hybridized carbons (Fsp3) is 0.474. The summed E-state index contributed by atoms with van der Waals surface area (Å²) in [5.41, 5.74) is -1.19. The van der Waals surface area contributed by atoms with Crippen LogP contribution in [0.2, 0.25) is 0 Å². The molecule has 0 bridgehead atoms. The number of amides is 1. The maximum atomic E-state index is 13.6. The number of piperazine rings is 1. The van der Waals surface area contributed by atoms with Gasteiger partial charge in [0.05, 0.1) is 6.42 Å². The number of hydrogen-bond acceptors (Lipinski definition) is 4. The number of aromatic nitrogens is 2. The lowest BCUT2D eigenvalue weighted by Gasteiger charge is -2.38. The molecular formula is C19H23F3N4O2. The van der Waals surface area contributed by atoms with E-state index in [-0.39, 0.29) is 0 Å². The molecule has 0 radical (unpaired) electrons. The smallest absolute Gasteiger partial charge is 0.374 e. The first kappa shape index (κ1) is 20.2. The first-order valence-corrected chi connectivity index (χ1v) is 8.98. The van der Waals surface area contributed by atoms with Gasteiger partial charge in [0, 0.05) is 51.3 Å². The van der Waals surface area contributed by atoms with Crippen LogP contribution < -0.4 is 4.90 Å². The summed E-state index contributed by atoms with van der Waals surface area (Å²) in [6, 6.07) is 7.92. The standard InChI is InChI=1S/C19H23F3N4O2/c1-14-4-3-5-15(12-14)25-8-10-26(11-9-25)16(27)13-18(28,19(20,21)22)17-23-6-7-24(17)2/h3-7,12,28H,8-11,13H2,1-2H3. The summed E-state index contributed by atoms with van der Waals surface area (Å²) in [4.78, 5) is 19.7. The van der Waals surface area contributed by atoms with E-state index in [1.807, 2.05) is 31.2 Å². The van der Waals surface area contributed by atoms with Gasteiger partial charge in [-0.15, -0.1) is 0 Å². The number of imidazole rings is 1. The van der Waals surface area contributed by atoms with Crippen LogP contribution >= 0.6 is 0 Å². The summed E-state index contributed by atoms with van der Waals surface area (Å²) < 4.78 is 41.9. The molecule has 1 unspecified atom stereocenters. The SMILES string of the molecule is Cc1cccc(N2CCN(C(=O)CC(O)(c3nccn3C)C(F)(F)F)CC2)c1. The highest BCUT2D eigenvalue weighted by Gasteiger charge is 2.59. The van der Waals surface area contributed by atoms with E-state index in [4.69, 9.17) is 0 Å². The predicted molar refractivity (Wildman–Crippen MR) is 97.7 cm³/mol.